The van der Waals surface area contributed by atoms with Crippen molar-refractivity contribution >= 4 is 21.6 Å². The van der Waals surface area contributed by atoms with Gasteiger partial charge >= 0.3 is 0 Å². The molecular weight excluding hydrogens is 314 g/mol. The van der Waals surface area contributed by atoms with Crippen LogP contribution in [0.4, 0.5) is 5.69 Å². The van der Waals surface area contributed by atoms with Gasteiger partial charge in [-0.05, 0) is 19.2 Å². The summed E-state index contributed by atoms with van der Waals surface area (Å²) in [6.07, 6.45) is 1.77. The van der Waals surface area contributed by atoms with E-state index in [1.807, 2.05) is 7.05 Å². The van der Waals surface area contributed by atoms with Crippen LogP contribution in [0.3, 0.4) is 0 Å². The van der Waals surface area contributed by atoms with Gasteiger partial charge in [-0.25, -0.2) is 4.68 Å². The van der Waals surface area contributed by atoms with E-state index in [4.69, 9.17) is 0 Å². The van der Waals surface area contributed by atoms with E-state index in [2.05, 4.69) is 31.6 Å². The number of nitrogens with one attached hydrogen (secondary N) is 1. The second-order valence-corrected chi connectivity index (χ2v) is 4.88. The topological polar surface area (TPSA) is 85.9 Å². The summed E-state index contributed by atoms with van der Waals surface area (Å²) in [7, 11) is 1.82. The molecule has 0 fully saturated rings. The Hall–Kier alpha value is -1.80. The van der Waals surface area contributed by atoms with E-state index in [-0.39, 0.29) is 5.69 Å². The molecule has 0 radical (unpaired) electrons. The van der Waals surface area contributed by atoms with Gasteiger partial charge in [-0.15, -0.1) is 5.10 Å². The predicted octanol–water partition coefficient (Wildman–Crippen LogP) is 1.72. The summed E-state index contributed by atoms with van der Waals surface area (Å²) < 4.78 is 2.26. The van der Waals surface area contributed by atoms with Crippen molar-refractivity contribution in [3.63, 3.8) is 0 Å². The molecule has 1 heterocycles. The fourth-order valence-electron chi connectivity index (χ4n) is 1.69. The number of nitro groups is 1. The highest BCUT2D eigenvalue weighted by atomic mass is 79.9. The van der Waals surface area contributed by atoms with Gasteiger partial charge < -0.3 is 5.32 Å². The van der Waals surface area contributed by atoms with Crippen LogP contribution in [-0.4, -0.2) is 27.0 Å². The van der Waals surface area contributed by atoms with Crippen molar-refractivity contribution in [1.82, 2.24) is 20.3 Å². The summed E-state index contributed by atoms with van der Waals surface area (Å²) in [5.74, 6) is 0. The number of halogens is 1. The molecule has 1 aromatic carbocycles. The van der Waals surface area contributed by atoms with Crippen LogP contribution in [0.5, 0.6) is 0 Å². The number of rotatable bonds is 5. The summed E-state index contributed by atoms with van der Waals surface area (Å²) in [5.41, 5.74) is 1.46. The minimum Gasteiger partial charge on any atom is -0.314 e. The van der Waals surface area contributed by atoms with Gasteiger partial charge in [0.05, 0.1) is 28.9 Å². The molecule has 8 heteroatoms. The van der Waals surface area contributed by atoms with Gasteiger partial charge in [-0.1, -0.05) is 21.1 Å². The fourth-order valence-corrected chi connectivity index (χ4v) is 2.04. The molecule has 0 atom stereocenters. The van der Waals surface area contributed by atoms with Crippen molar-refractivity contribution in [2.45, 2.75) is 13.1 Å². The Kier molecular flexibility index (Phi) is 4.23. The lowest BCUT2D eigenvalue weighted by Gasteiger charge is -2.03. The van der Waals surface area contributed by atoms with E-state index in [0.717, 1.165) is 5.69 Å². The van der Waals surface area contributed by atoms with E-state index in [1.54, 1.807) is 23.0 Å². The number of nitro benzene ring substituents is 1. The molecule has 1 N–H and O–H groups in total. The Labute approximate surface area is 117 Å². The van der Waals surface area contributed by atoms with Gasteiger partial charge in [0, 0.05) is 17.1 Å². The molecular formula is C11H12BrN5O2. The number of benzene rings is 1. The van der Waals surface area contributed by atoms with Crippen molar-refractivity contribution < 1.29 is 4.92 Å². The number of nitrogens with zero attached hydrogens (tertiary/aromatic N) is 4. The zero-order valence-electron chi connectivity index (χ0n) is 10.2. The van der Waals surface area contributed by atoms with Crippen molar-refractivity contribution in [2.75, 3.05) is 7.05 Å². The second kappa shape index (κ2) is 5.89. The maximum atomic E-state index is 11.0. The second-order valence-electron chi connectivity index (χ2n) is 3.97. The van der Waals surface area contributed by atoms with Gasteiger partial charge in [0.25, 0.3) is 5.69 Å². The molecule has 0 aliphatic heterocycles. The van der Waals surface area contributed by atoms with E-state index >= 15 is 0 Å². The summed E-state index contributed by atoms with van der Waals surface area (Å²) in [5, 5.41) is 21.9. The van der Waals surface area contributed by atoms with Crippen molar-refractivity contribution in [3.05, 3.63) is 50.2 Å². The third-order valence-electron chi connectivity index (χ3n) is 2.52. The fraction of sp³-hybridized carbons (Fsp3) is 0.273. The molecule has 0 amide bonds. The zero-order valence-corrected chi connectivity index (χ0v) is 11.8. The Morgan fingerprint density at radius 1 is 1.53 bits per heavy atom. The number of hydrogen-bond donors (Lipinski definition) is 1. The Morgan fingerprint density at radius 3 is 3.00 bits per heavy atom. The Bertz CT molecular complexity index is 599. The van der Waals surface area contributed by atoms with Gasteiger partial charge in [-0.2, -0.15) is 0 Å². The highest BCUT2D eigenvalue weighted by Crippen LogP contribution is 2.24. The van der Waals surface area contributed by atoms with Crippen molar-refractivity contribution in [2.24, 2.45) is 0 Å². The lowest BCUT2D eigenvalue weighted by molar-refractivity contribution is -0.385. The van der Waals surface area contributed by atoms with Crippen LogP contribution in [0, 0.1) is 10.1 Å². The zero-order chi connectivity index (χ0) is 13.8. The molecule has 0 aliphatic rings. The summed E-state index contributed by atoms with van der Waals surface area (Å²) in [4.78, 5) is 10.6. The summed E-state index contributed by atoms with van der Waals surface area (Å²) in [6.45, 7) is 0.933. The first kappa shape index (κ1) is 13.6. The minimum absolute atomic E-state index is 0.0695. The van der Waals surface area contributed by atoms with Crippen LogP contribution in [-0.2, 0) is 13.1 Å². The smallest absolute Gasteiger partial charge is 0.275 e. The molecule has 0 saturated carbocycles. The quantitative estimate of drug-likeness (QED) is 0.668. The highest BCUT2D eigenvalue weighted by molar-refractivity contribution is 9.10. The first-order chi connectivity index (χ1) is 9.10. The molecule has 19 heavy (non-hydrogen) atoms. The monoisotopic (exact) mass is 325 g/mol. The van der Waals surface area contributed by atoms with Crippen LogP contribution in [0.25, 0.3) is 0 Å². The van der Waals surface area contributed by atoms with E-state index < -0.39 is 4.92 Å². The molecule has 100 valence electrons. The van der Waals surface area contributed by atoms with E-state index in [0.29, 0.717) is 23.1 Å². The highest BCUT2D eigenvalue weighted by Gasteiger charge is 2.15. The minimum atomic E-state index is -0.397. The summed E-state index contributed by atoms with van der Waals surface area (Å²) >= 11 is 3.23. The van der Waals surface area contributed by atoms with Gasteiger partial charge in [-0.3, -0.25) is 10.1 Å². The third-order valence-corrected chi connectivity index (χ3v) is 3.01. The lowest BCUT2D eigenvalue weighted by Crippen LogP contribution is -2.05. The van der Waals surface area contributed by atoms with Crippen molar-refractivity contribution in [1.29, 1.82) is 0 Å². The SMILES string of the molecule is CNCc1cn(Cc2ccc(Br)cc2[N+](=O)[O-])nn1. The Balaban J connectivity index is 2.24. The molecule has 0 spiro atoms. The van der Waals surface area contributed by atoms with Crippen LogP contribution in [0.15, 0.2) is 28.9 Å². The van der Waals surface area contributed by atoms with Gasteiger partial charge in [0.15, 0.2) is 0 Å². The normalized spacial score (nSPS) is 10.6. The maximum Gasteiger partial charge on any atom is 0.275 e. The van der Waals surface area contributed by atoms with Crippen LogP contribution >= 0.6 is 15.9 Å². The van der Waals surface area contributed by atoms with Gasteiger partial charge in [0.2, 0.25) is 0 Å². The number of aromatic nitrogens is 3. The molecule has 0 aliphatic carbocycles. The average Bonchev–Trinajstić information content (AvgIpc) is 2.79. The third kappa shape index (κ3) is 3.36. The number of hydrogen-bond acceptors (Lipinski definition) is 5. The molecule has 0 bridgehead atoms. The van der Waals surface area contributed by atoms with Crippen LogP contribution in [0.2, 0.25) is 0 Å². The largest absolute Gasteiger partial charge is 0.314 e. The molecule has 2 aromatic rings. The molecule has 0 saturated heterocycles. The Morgan fingerprint density at radius 2 is 2.32 bits per heavy atom. The van der Waals surface area contributed by atoms with Gasteiger partial charge in [0.1, 0.15) is 0 Å². The van der Waals surface area contributed by atoms with E-state index in [9.17, 15) is 10.1 Å². The average molecular weight is 326 g/mol. The first-order valence-corrected chi connectivity index (χ1v) is 6.36. The molecule has 2 rings (SSSR count). The predicted molar refractivity (Wildman–Crippen MR) is 72.7 cm³/mol. The summed E-state index contributed by atoms with van der Waals surface area (Å²) in [6, 6.07) is 4.97. The van der Waals surface area contributed by atoms with Crippen LogP contribution < -0.4 is 5.32 Å². The molecule has 0 unspecified atom stereocenters. The maximum absolute atomic E-state index is 11.0. The van der Waals surface area contributed by atoms with Crippen molar-refractivity contribution in [3.8, 4) is 0 Å². The molecule has 1 aromatic heterocycles. The standard InChI is InChI=1S/C11H12BrN5O2/c1-13-5-10-7-16(15-14-10)6-8-2-3-9(12)4-11(8)17(18)19/h2-4,7,13H,5-6H2,1H3. The molecule has 7 nitrogen and oxygen atoms in total. The lowest BCUT2D eigenvalue weighted by atomic mass is 10.2. The first-order valence-electron chi connectivity index (χ1n) is 5.56. The van der Waals surface area contributed by atoms with Crippen LogP contribution in [0.1, 0.15) is 11.3 Å². The van der Waals surface area contributed by atoms with E-state index in [1.165, 1.54) is 6.07 Å².